The zero-order chi connectivity index (χ0) is 18.4. The van der Waals surface area contributed by atoms with Crippen LogP contribution in [0.3, 0.4) is 0 Å². The summed E-state index contributed by atoms with van der Waals surface area (Å²) in [6.07, 6.45) is 3.35. The normalized spacial score (nSPS) is 12.0. The summed E-state index contributed by atoms with van der Waals surface area (Å²) in [5.74, 6) is 1.41. The third-order valence-corrected chi connectivity index (χ3v) is 5.87. The number of nitrogens with one attached hydrogen (secondary N) is 1. The Bertz CT molecular complexity index is 783. The maximum Gasteiger partial charge on any atom is 0.240 e. The zero-order valence-electron chi connectivity index (χ0n) is 15.2. The fourth-order valence-electron chi connectivity index (χ4n) is 2.46. The third kappa shape index (κ3) is 5.55. The van der Waals surface area contributed by atoms with E-state index in [0.717, 1.165) is 23.1 Å². The lowest BCUT2D eigenvalue weighted by Gasteiger charge is -2.12. The number of aromatic nitrogens is 3. The van der Waals surface area contributed by atoms with Crippen molar-refractivity contribution in [3.8, 4) is 0 Å². The SMILES string of the molecule is CSc1nnc(CCCNS(=O)(=O)c2ccc(C)cc2)n1CC(C)C. The van der Waals surface area contributed by atoms with E-state index in [1.165, 1.54) is 0 Å². The molecule has 2 rings (SSSR count). The summed E-state index contributed by atoms with van der Waals surface area (Å²) in [6, 6.07) is 6.85. The molecule has 0 bridgehead atoms. The smallest absolute Gasteiger partial charge is 0.240 e. The maximum atomic E-state index is 12.3. The predicted molar refractivity (Wildman–Crippen MR) is 101 cm³/mol. The van der Waals surface area contributed by atoms with Crippen LogP contribution in [0.15, 0.2) is 34.3 Å². The molecular formula is C17H26N4O2S2. The summed E-state index contributed by atoms with van der Waals surface area (Å²) in [5.41, 5.74) is 1.04. The van der Waals surface area contributed by atoms with Crippen LogP contribution in [0.4, 0.5) is 0 Å². The van der Waals surface area contributed by atoms with E-state index in [1.807, 2.05) is 13.2 Å². The summed E-state index contributed by atoms with van der Waals surface area (Å²) in [5, 5.41) is 9.37. The second-order valence-electron chi connectivity index (χ2n) is 6.42. The van der Waals surface area contributed by atoms with Crippen LogP contribution < -0.4 is 4.72 Å². The van der Waals surface area contributed by atoms with Gasteiger partial charge in [0.25, 0.3) is 0 Å². The topological polar surface area (TPSA) is 76.9 Å². The van der Waals surface area contributed by atoms with Gasteiger partial charge in [-0.1, -0.05) is 43.3 Å². The molecule has 1 aromatic carbocycles. The molecule has 0 saturated heterocycles. The van der Waals surface area contributed by atoms with Crippen LogP contribution in [-0.2, 0) is 23.0 Å². The number of nitrogens with zero attached hydrogens (tertiary/aromatic N) is 3. The van der Waals surface area contributed by atoms with Crippen molar-refractivity contribution in [1.29, 1.82) is 0 Å². The van der Waals surface area contributed by atoms with Crippen LogP contribution >= 0.6 is 11.8 Å². The number of sulfonamides is 1. The first-order valence-electron chi connectivity index (χ1n) is 8.36. The van der Waals surface area contributed by atoms with E-state index < -0.39 is 10.0 Å². The Morgan fingerprint density at radius 3 is 2.48 bits per heavy atom. The van der Waals surface area contributed by atoms with E-state index in [4.69, 9.17) is 0 Å². The summed E-state index contributed by atoms with van der Waals surface area (Å²) in [7, 11) is -3.46. The van der Waals surface area contributed by atoms with E-state index in [-0.39, 0.29) is 0 Å². The molecule has 0 aliphatic rings. The number of benzene rings is 1. The molecule has 1 heterocycles. The highest BCUT2D eigenvalue weighted by atomic mass is 32.2. The molecule has 0 unspecified atom stereocenters. The second kappa shape index (κ2) is 8.82. The van der Waals surface area contributed by atoms with E-state index in [1.54, 1.807) is 36.0 Å². The van der Waals surface area contributed by atoms with Crippen LogP contribution in [0.2, 0.25) is 0 Å². The molecule has 2 aromatic rings. The van der Waals surface area contributed by atoms with Crippen molar-refractivity contribution in [1.82, 2.24) is 19.5 Å². The van der Waals surface area contributed by atoms with E-state index in [9.17, 15) is 8.42 Å². The molecule has 0 aliphatic carbocycles. The Balaban J connectivity index is 1.93. The molecule has 1 N–H and O–H groups in total. The van der Waals surface area contributed by atoms with Gasteiger partial charge in [-0.05, 0) is 37.7 Å². The standard InChI is InChI=1S/C17H26N4O2S2/c1-13(2)12-21-16(19-20-17(21)24-4)6-5-11-18-25(22,23)15-9-7-14(3)8-10-15/h7-10,13,18H,5-6,11-12H2,1-4H3. The van der Waals surface area contributed by atoms with Gasteiger partial charge in [-0.15, -0.1) is 10.2 Å². The van der Waals surface area contributed by atoms with Crippen molar-refractivity contribution >= 4 is 21.8 Å². The highest BCUT2D eigenvalue weighted by Crippen LogP contribution is 2.17. The average molecular weight is 383 g/mol. The second-order valence-corrected chi connectivity index (χ2v) is 8.96. The number of hydrogen-bond donors (Lipinski definition) is 1. The van der Waals surface area contributed by atoms with Gasteiger partial charge in [-0.25, -0.2) is 13.1 Å². The molecule has 0 amide bonds. The first-order chi connectivity index (χ1) is 11.8. The minimum Gasteiger partial charge on any atom is -0.306 e. The van der Waals surface area contributed by atoms with Crippen molar-refractivity contribution < 1.29 is 8.42 Å². The molecule has 8 heteroatoms. The molecule has 0 spiro atoms. The molecule has 0 radical (unpaired) electrons. The Kier molecular flexibility index (Phi) is 7.04. The van der Waals surface area contributed by atoms with Crippen molar-refractivity contribution in [3.63, 3.8) is 0 Å². The fraction of sp³-hybridized carbons (Fsp3) is 0.529. The molecule has 25 heavy (non-hydrogen) atoms. The number of hydrogen-bond acceptors (Lipinski definition) is 5. The van der Waals surface area contributed by atoms with Crippen molar-refractivity contribution in [3.05, 3.63) is 35.7 Å². The summed E-state index contributed by atoms with van der Waals surface area (Å²) < 4.78 is 29.3. The van der Waals surface area contributed by atoms with E-state index in [2.05, 4.69) is 33.3 Å². The maximum absolute atomic E-state index is 12.3. The fourth-order valence-corrected chi connectivity index (χ4v) is 4.05. The quantitative estimate of drug-likeness (QED) is 0.533. The van der Waals surface area contributed by atoms with Gasteiger partial charge in [0.2, 0.25) is 10.0 Å². The van der Waals surface area contributed by atoms with Crippen LogP contribution in [0.1, 0.15) is 31.7 Å². The van der Waals surface area contributed by atoms with Crippen LogP contribution in [0.5, 0.6) is 0 Å². The van der Waals surface area contributed by atoms with Gasteiger partial charge in [0, 0.05) is 19.5 Å². The lowest BCUT2D eigenvalue weighted by molar-refractivity contribution is 0.477. The minimum absolute atomic E-state index is 0.297. The lowest BCUT2D eigenvalue weighted by atomic mass is 10.2. The van der Waals surface area contributed by atoms with Gasteiger partial charge < -0.3 is 4.57 Å². The predicted octanol–water partition coefficient (Wildman–Crippen LogP) is 2.88. The highest BCUT2D eigenvalue weighted by Gasteiger charge is 2.15. The summed E-state index contributed by atoms with van der Waals surface area (Å²) in [6.45, 7) is 7.49. The molecular weight excluding hydrogens is 356 g/mol. The largest absolute Gasteiger partial charge is 0.306 e. The molecule has 0 saturated carbocycles. The Morgan fingerprint density at radius 1 is 1.20 bits per heavy atom. The highest BCUT2D eigenvalue weighted by molar-refractivity contribution is 7.98. The zero-order valence-corrected chi connectivity index (χ0v) is 16.8. The van der Waals surface area contributed by atoms with Gasteiger partial charge >= 0.3 is 0 Å². The Hall–Kier alpha value is -1.38. The molecule has 1 aromatic heterocycles. The van der Waals surface area contributed by atoms with Crippen molar-refractivity contribution in [2.45, 2.75) is 50.2 Å². The third-order valence-electron chi connectivity index (χ3n) is 3.72. The van der Waals surface area contributed by atoms with E-state index >= 15 is 0 Å². The monoisotopic (exact) mass is 382 g/mol. The number of rotatable bonds is 9. The summed E-state index contributed by atoms with van der Waals surface area (Å²) in [4.78, 5) is 0.297. The van der Waals surface area contributed by atoms with Crippen LogP contribution in [-0.4, -0.2) is 36.0 Å². The van der Waals surface area contributed by atoms with E-state index in [0.29, 0.717) is 30.2 Å². The molecule has 138 valence electrons. The minimum atomic E-state index is -3.46. The van der Waals surface area contributed by atoms with Crippen molar-refractivity contribution in [2.75, 3.05) is 12.8 Å². The first kappa shape index (κ1) is 19.9. The van der Waals surface area contributed by atoms with Crippen LogP contribution in [0, 0.1) is 12.8 Å². The number of aryl methyl sites for hydroxylation is 2. The Labute approximate surface area is 154 Å². The number of thioether (sulfide) groups is 1. The molecule has 0 atom stereocenters. The van der Waals surface area contributed by atoms with Gasteiger partial charge in [0.1, 0.15) is 5.82 Å². The molecule has 0 aliphatic heterocycles. The first-order valence-corrected chi connectivity index (χ1v) is 11.1. The average Bonchev–Trinajstić information content (AvgIpc) is 2.93. The van der Waals surface area contributed by atoms with Gasteiger partial charge in [0.15, 0.2) is 5.16 Å². The van der Waals surface area contributed by atoms with Crippen molar-refractivity contribution in [2.24, 2.45) is 5.92 Å². The molecule has 6 nitrogen and oxygen atoms in total. The van der Waals surface area contributed by atoms with Gasteiger partial charge in [-0.3, -0.25) is 0 Å². The summed E-state index contributed by atoms with van der Waals surface area (Å²) >= 11 is 1.58. The van der Waals surface area contributed by atoms with Crippen LogP contribution in [0.25, 0.3) is 0 Å². The molecule has 0 fully saturated rings. The van der Waals surface area contributed by atoms with Gasteiger partial charge in [-0.2, -0.15) is 0 Å². The Morgan fingerprint density at radius 2 is 1.88 bits per heavy atom. The lowest BCUT2D eigenvalue weighted by Crippen LogP contribution is -2.25. The van der Waals surface area contributed by atoms with Gasteiger partial charge in [0.05, 0.1) is 4.90 Å².